The second-order valence-electron chi connectivity index (χ2n) is 3.52. The van der Waals surface area contributed by atoms with Crippen molar-refractivity contribution in [2.75, 3.05) is 0 Å². The normalized spacial score (nSPS) is 12.7. The third-order valence-corrected chi connectivity index (χ3v) is 2.92. The second-order valence-corrected chi connectivity index (χ2v) is 4.27. The predicted octanol–water partition coefficient (Wildman–Crippen LogP) is 0.229. The van der Waals surface area contributed by atoms with Crippen LogP contribution in [0.5, 0.6) is 0 Å². The van der Waals surface area contributed by atoms with Crippen LogP contribution in [0.15, 0.2) is 16.9 Å². The molecule has 0 fully saturated rings. The van der Waals surface area contributed by atoms with E-state index < -0.39 is 0 Å². The fourth-order valence-corrected chi connectivity index (χ4v) is 2.14. The number of aryl methyl sites for hydroxylation is 2. The van der Waals surface area contributed by atoms with Crippen molar-refractivity contribution in [1.82, 2.24) is 30.4 Å². The minimum atomic E-state index is -0.286. The zero-order valence-electron chi connectivity index (χ0n) is 9.42. The summed E-state index contributed by atoms with van der Waals surface area (Å²) < 4.78 is 2.28. The van der Waals surface area contributed by atoms with Crippen LogP contribution in [0, 0.1) is 6.92 Å². The second kappa shape index (κ2) is 4.86. The van der Waals surface area contributed by atoms with Gasteiger partial charge in [0, 0.05) is 13.2 Å². The number of hydrogen-bond donors (Lipinski definition) is 2. The minimum absolute atomic E-state index is 0.286. The number of nitrogens with zero attached hydrogens (tertiary/aromatic N) is 5. The highest BCUT2D eigenvalue weighted by molar-refractivity contribution is 9.10. The van der Waals surface area contributed by atoms with E-state index in [1.807, 2.05) is 6.92 Å². The molecule has 0 aliphatic rings. The van der Waals surface area contributed by atoms with Crippen molar-refractivity contribution in [3.63, 3.8) is 0 Å². The van der Waals surface area contributed by atoms with Crippen molar-refractivity contribution >= 4 is 15.9 Å². The van der Waals surface area contributed by atoms with Crippen LogP contribution in [-0.2, 0) is 7.05 Å². The van der Waals surface area contributed by atoms with Crippen LogP contribution in [-0.4, -0.2) is 25.0 Å². The van der Waals surface area contributed by atoms with Gasteiger partial charge < -0.3 is 0 Å². The van der Waals surface area contributed by atoms with Gasteiger partial charge in [0.2, 0.25) is 0 Å². The number of halogens is 1. The topological polar surface area (TPSA) is 94.5 Å². The van der Waals surface area contributed by atoms with E-state index in [1.54, 1.807) is 24.0 Å². The van der Waals surface area contributed by atoms with E-state index >= 15 is 0 Å². The first-order chi connectivity index (χ1) is 8.13. The van der Waals surface area contributed by atoms with Gasteiger partial charge in [-0.3, -0.25) is 5.84 Å². The lowest BCUT2D eigenvalue weighted by molar-refractivity contribution is 0.556. The molecule has 8 heteroatoms. The van der Waals surface area contributed by atoms with Crippen molar-refractivity contribution < 1.29 is 0 Å². The molecule has 0 saturated carbocycles. The Hall–Kier alpha value is -1.38. The minimum Gasteiger partial charge on any atom is -0.270 e. The van der Waals surface area contributed by atoms with Gasteiger partial charge >= 0.3 is 0 Å². The molecule has 1 unspecified atom stereocenters. The molecule has 2 heterocycles. The summed E-state index contributed by atoms with van der Waals surface area (Å²) in [4.78, 5) is 8.39. The number of nitrogens with two attached hydrogens (primary N) is 1. The third kappa shape index (κ3) is 2.33. The summed E-state index contributed by atoms with van der Waals surface area (Å²) in [6.45, 7) is 1.83. The van der Waals surface area contributed by atoms with E-state index in [4.69, 9.17) is 5.84 Å². The van der Waals surface area contributed by atoms with Crippen LogP contribution in [0.3, 0.4) is 0 Å². The number of rotatable bonds is 3. The first kappa shape index (κ1) is 12.1. The van der Waals surface area contributed by atoms with Crippen molar-refractivity contribution in [1.29, 1.82) is 0 Å². The zero-order valence-corrected chi connectivity index (χ0v) is 11.0. The lowest BCUT2D eigenvalue weighted by atomic mass is 10.1. The molecular formula is C9H12BrN7. The summed E-state index contributed by atoms with van der Waals surface area (Å²) in [6.07, 6.45) is 1.69. The maximum atomic E-state index is 5.58. The molecule has 0 radical (unpaired) electrons. The maximum absolute atomic E-state index is 5.58. The number of hydrazine groups is 1. The molecule has 0 saturated heterocycles. The zero-order chi connectivity index (χ0) is 12.4. The van der Waals surface area contributed by atoms with Crippen LogP contribution in [0.2, 0.25) is 0 Å². The highest BCUT2D eigenvalue weighted by Crippen LogP contribution is 2.24. The average molecular weight is 298 g/mol. The fraction of sp³-hybridized carbons (Fsp3) is 0.333. The predicted molar refractivity (Wildman–Crippen MR) is 64.6 cm³/mol. The number of nitrogens with one attached hydrogen (secondary N) is 1. The Morgan fingerprint density at radius 1 is 1.53 bits per heavy atom. The molecule has 0 bridgehead atoms. The number of aromatic nitrogens is 5. The molecule has 0 spiro atoms. The van der Waals surface area contributed by atoms with Crippen LogP contribution in [0.4, 0.5) is 0 Å². The Kier molecular flexibility index (Phi) is 3.46. The van der Waals surface area contributed by atoms with E-state index in [0.29, 0.717) is 10.4 Å². The van der Waals surface area contributed by atoms with Crippen molar-refractivity contribution in [2.24, 2.45) is 12.9 Å². The molecule has 7 nitrogen and oxygen atoms in total. The Bertz CT molecular complexity index is 504. The molecule has 90 valence electrons. The van der Waals surface area contributed by atoms with Gasteiger partial charge in [0.05, 0.1) is 11.4 Å². The van der Waals surface area contributed by atoms with Gasteiger partial charge in [-0.25, -0.2) is 20.1 Å². The van der Waals surface area contributed by atoms with E-state index in [-0.39, 0.29) is 6.04 Å². The molecule has 1 atom stereocenters. The van der Waals surface area contributed by atoms with Crippen LogP contribution < -0.4 is 11.3 Å². The quantitative estimate of drug-likeness (QED) is 0.622. The average Bonchev–Trinajstić information content (AvgIpc) is 2.62. The third-order valence-electron chi connectivity index (χ3n) is 2.36. The lowest BCUT2D eigenvalue weighted by Crippen LogP contribution is -2.31. The Morgan fingerprint density at radius 2 is 2.29 bits per heavy atom. The lowest BCUT2D eigenvalue weighted by Gasteiger charge is -2.15. The maximum Gasteiger partial charge on any atom is 0.153 e. The first-order valence-electron chi connectivity index (χ1n) is 4.94. The Balaban J connectivity index is 2.47. The molecular weight excluding hydrogens is 286 g/mol. The fourth-order valence-electron chi connectivity index (χ4n) is 1.58. The van der Waals surface area contributed by atoms with Crippen LogP contribution >= 0.6 is 15.9 Å². The van der Waals surface area contributed by atoms with Gasteiger partial charge in [-0.2, -0.15) is 0 Å². The Morgan fingerprint density at radius 3 is 2.82 bits per heavy atom. The van der Waals surface area contributed by atoms with Gasteiger partial charge in [-0.15, -0.1) is 5.10 Å². The van der Waals surface area contributed by atoms with Gasteiger partial charge in [0.1, 0.15) is 11.9 Å². The summed E-state index contributed by atoms with van der Waals surface area (Å²) in [5.74, 6) is 6.27. The summed E-state index contributed by atoms with van der Waals surface area (Å²) in [7, 11) is 1.80. The van der Waals surface area contributed by atoms with Crippen LogP contribution in [0.1, 0.15) is 23.3 Å². The molecule has 2 rings (SSSR count). The Labute approximate surface area is 107 Å². The summed E-state index contributed by atoms with van der Waals surface area (Å²) in [6, 6.07) is 1.52. The van der Waals surface area contributed by atoms with E-state index in [0.717, 1.165) is 11.4 Å². The molecule has 0 aliphatic heterocycles. The molecule has 0 amide bonds. The standard InChI is InChI=1S/C9H12BrN7/c1-5-12-4-3-6(13-5)7(14-11)8-9(10)15-16-17(8)2/h3-4,7,14H,11H2,1-2H3. The molecule has 2 aromatic rings. The van der Waals surface area contributed by atoms with Crippen molar-refractivity contribution in [2.45, 2.75) is 13.0 Å². The molecule has 0 aliphatic carbocycles. The summed E-state index contributed by atoms with van der Waals surface area (Å²) >= 11 is 3.34. The SMILES string of the molecule is Cc1nccc(C(NN)c2c(Br)nnn2C)n1. The van der Waals surface area contributed by atoms with Gasteiger partial charge in [-0.05, 0) is 28.9 Å². The number of hydrogen-bond acceptors (Lipinski definition) is 6. The van der Waals surface area contributed by atoms with Gasteiger partial charge in [0.25, 0.3) is 0 Å². The smallest absolute Gasteiger partial charge is 0.153 e. The van der Waals surface area contributed by atoms with Crippen molar-refractivity contribution in [3.05, 3.63) is 34.1 Å². The summed E-state index contributed by atoms with van der Waals surface area (Å²) in [5, 5.41) is 7.84. The monoisotopic (exact) mass is 297 g/mol. The van der Waals surface area contributed by atoms with Gasteiger partial charge in [0.15, 0.2) is 4.60 Å². The van der Waals surface area contributed by atoms with Crippen LogP contribution in [0.25, 0.3) is 0 Å². The van der Waals surface area contributed by atoms with Gasteiger partial charge in [-0.1, -0.05) is 5.21 Å². The van der Waals surface area contributed by atoms with E-state index in [1.165, 1.54) is 0 Å². The highest BCUT2D eigenvalue weighted by Gasteiger charge is 2.22. The van der Waals surface area contributed by atoms with E-state index in [9.17, 15) is 0 Å². The van der Waals surface area contributed by atoms with Crippen molar-refractivity contribution in [3.8, 4) is 0 Å². The molecule has 0 aromatic carbocycles. The molecule has 17 heavy (non-hydrogen) atoms. The summed E-state index contributed by atoms with van der Waals surface area (Å²) in [5.41, 5.74) is 4.29. The molecule has 2 aromatic heterocycles. The molecule has 3 N–H and O–H groups in total. The first-order valence-corrected chi connectivity index (χ1v) is 5.73. The highest BCUT2D eigenvalue weighted by atomic mass is 79.9. The van der Waals surface area contributed by atoms with E-state index in [2.05, 4.69) is 41.6 Å². The largest absolute Gasteiger partial charge is 0.270 e.